The Morgan fingerprint density at radius 1 is 1.14 bits per heavy atom. The Kier molecular flexibility index (Phi) is 6.37. The maximum Gasteiger partial charge on any atom is 0.330 e. The second kappa shape index (κ2) is 8.37. The molecule has 0 unspecified atom stereocenters. The first-order valence-electron chi connectivity index (χ1n) is 8.93. The zero-order chi connectivity index (χ0) is 21.2. The first kappa shape index (κ1) is 21.3. The van der Waals surface area contributed by atoms with Gasteiger partial charge in [0, 0.05) is 13.1 Å². The predicted octanol–water partition coefficient (Wildman–Crippen LogP) is 2.36. The first-order valence-corrected chi connectivity index (χ1v) is 8.93. The molecule has 2 aromatic rings. The molecule has 0 aliphatic heterocycles. The van der Waals surface area contributed by atoms with E-state index < -0.39 is 34.4 Å². The molecule has 1 heterocycles. The maximum absolute atomic E-state index is 14.2. The second-order valence-electron chi connectivity index (χ2n) is 7.40. The summed E-state index contributed by atoms with van der Waals surface area (Å²) in [6.45, 7) is 7.41. The highest BCUT2D eigenvalue weighted by molar-refractivity contribution is 6.07. The summed E-state index contributed by atoms with van der Waals surface area (Å²) >= 11 is 0. The lowest BCUT2D eigenvalue weighted by molar-refractivity contribution is 0.0975. The lowest BCUT2D eigenvalue weighted by Gasteiger charge is -2.26. The van der Waals surface area contributed by atoms with Crippen molar-refractivity contribution >= 4 is 17.4 Å². The minimum atomic E-state index is -1.05. The molecule has 0 saturated carbocycles. The molecule has 1 amide bonds. The van der Waals surface area contributed by atoms with Crippen LogP contribution in [0.5, 0.6) is 0 Å². The molecule has 0 atom stereocenters. The summed E-state index contributed by atoms with van der Waals surface area (Å²) in [5, 5.41) is 0. The molecule has 3 N–H and O–H groups in total. The molecule has 9 heteroatoms. The van der Waals surface area contributed by atoms with Crippen molar-refractivity contribution in [3.05, 3.63) is 56.2 Å². The molecule has 0 saturated heterocycles. The van der Waals surface area contributed by atoms with Crippen LogP contribution in [0.1, 0.15) is 38.1 Å². The Hall–Kier alpha value is -2.97. The molecule has 1 aromatic heterocycles. The Morgan fingerprint density at radius 3 is 2.21 bits per heavy atom. The molecule has 0 fully saturated rings. The fourth-order valence-electron chi connectivity index (χ4n) is 2.86. The van der Waals surface area contributed by atoms with Crippen LogP contribution < -0.4 is 21.9 Å². The van der Waals surface area contributed by atoms with Crippen molar-refractivity contribution in [2.24, 2.45) is 11.8 Å². The number of amides is 1. The Morgan fingerprint density at radius 2 is 1.71 bits per heavy atom. The fourth-order valence-corrected chi connectivity index (χ4v) is 2.86. The SMILES string of the molecule is CC(C)CN(C(=O)c1c(F)cccc1F)c1c(N)n(CC(C)C)c(=O)[nH]c1=O. The average Bonchev–Trinajstić information content (AvgIpc) is 2.56. The number of nitrogens with two attached hydrogens (primary N) is 1. The molecule has 152 valence electrons. The number of hydrogen-bond acceptors (Lipinski definition) is 4. The molecule has 0 aliphatic rings. The standard InChI is InChI=1S/C19H24F2N4O3/c1-10(2)8-24(18(27)14-12(20)6-5-7-13(14)21)15-16(22)25(9-11(3)4)19(28)23-17(15)26/h5-7,10-11H,8-9,22H2,1-4H3,(H,23,26,28). The van der Waals surface area contributed by atoms with E-state index in [-0.39, 0.29) is 36.4 Å². The number of carbonyl (C=O) groups excluding carboxylic acids is 1. The number of rotatable bonds is 6. The highest BCUT2D eigenvalue weighted by atomic mass is 19.1. The highest BCUT2D eigenvalue weighted by Gasteiger charge is 2.29. The number of carbonyl (C=O) groups is 1. The van der Waals surface area contributed by atoms with Crippen LogP contribution in [0.2, 0.25) is 0 Å². The van der Waals surface area contributed by atoms with Crippen LogP contribution >= 0.6 is 0 Å². The molecule has 0 bridgehead atoms. The summed E-state index contributed by atoms with van der Waals surface area (Å²) in [5.74, 6) is -3.50. The number of anilines is 2. The fraction of sp³-hybridized carbons (Fsp3) is 0.421. The summed E-state index contributed by atoms with van der Waals surface area (Å²) < 4.78 is 29.5. The molecular weight excluding hydrogens is 370 g/mol. The van der Waals surface area contributed by atoms with Gasteiger partial charge in [-0.05, 0) is 24.0 Å². The van der Waals surface area contributed by atoms with E-state index in [1.165, 1.54) is 0 Å². The quantitative estimate of drug-likeness (QED) is 0.785. The molecule has 1 aromatic carbocycles. The van der Waals surface area contributed by atoms with Crippen LogP contribution in [0.15, 0.2) is 27.8 Å². The topological polar surface area (TPSA) is 101 Å². The number of aromatic nitrogens is 2. The molecule has 0 spiro atoms. The largest absolute Gasteiger partial charge is 0.383 e. The van der Waals surface area contributed by atoms with Crippen molar-refractivity contribution < 1.29 is 13.6 Å². The molecule has 0 radical (unpaired) electrons. The monoisotopic (exact) mass is 394 g/mol. The molecule has 2 rings (SSSR count). The van der Waals surface area contributed by atoms with Gasteiger partial charge in [0.2, 0.25) is 0 Å². The number of nitrogen functional groups attached to an aromatic ring is 1. The Labute approximate surface area is 160 Å². The number of benzene rings is 1. The van der Waals surface area contributed by atoms with Gasteiger partial charge in [-0.25, -0.2) is 13.6 Å². The summed E-state index contributed by atoms with van der Waals surface area (Å²) in [6.07, 6.45) is 0. The predicted molar refractivity (Wildman–Crippen MR) is 103 cm³/mol. The van der Waals surface area contributed by atoms with Gasteiger partial charge in [-0.1, -0.05) is 33.8 Å². The lowest BCUT2D eigenvalue weighted by Crippen LogP contribution is -2.43. The summed E-state index contributed by atoms with van der Waals surface area (Å²) in [4.78, 5) is 40.7. The van der Waals surface area contributed by atoms with Crippen LogP contribution in [-0.4, -0.2) is 22.0 Å². The van der Waals surface area contributed by atoms with E-state index in [9.17, 15) is 23.2 Å². The lowest BCUT2D eigenvalue weighted by atomic mass is 10.1. The Balaban J connectivity index is 2.72. The van der Waals surface area contributed by atoms with E-state index in [1.54, 1.807) is 13.8 Å². The number of aromatic amines is 1. The minimum Gasteiger partial charge on any atom is -0.383 e. The van der Waals surface area contributed by atoms with Crippen molar-refractivity contribution in [2.75, 3.05) is 17.2 Å². The Bertz CT molecular complexity index is 975. The van der Waals surface area contributed by atoms with Crippen molar-refractivity contribution in [2.45, 2.75) is 34.2 Å². The zero-order valence-corrected chi connectivity index (χ0v) is 16.3. The van der Waals surface area contributed by atoms with Gasteiger partial charge in [0.25, 0.3) is 11.5 Å². The van der Waals surface area contributed by atoms with E-state index in [1.807, 2.05) is 13.8 Å². The molecule has 28 heavy (non-hydrogen) atoms. The minimum absolute atomic E-state index is 0.0250. The van der Waals surface area contributed by atoms with Crippen molar-refractivity contribution in [1.29, 1.82) is 0 Å². The van der Waals surface area contributed by atoms with Crippen molar-refractivity contribution in [3.8, 4) is 0 Å². The van der Waals surface area contributed by atoms with Crippen LogP contribution in [0.4, 0.5) is 20.3 Å². The van der Waals surface area contributed by atoms with Gasteiger partial charge in [-0.3, -0.25) is 24.0 Å². The van der Waals surface area contributed by atoms with Crippen LogP contribution in [-0.2, 0) is 6.54 Å². The van der Waals surface area contributed by atoms with E-state index in [0.29, 0.717) is 0 Å². The summed E-state index contributed by atoms with van der Waals surface area (Å²) in [5.41, 5.74) is 3.36. The van der Waals surface area contributed by atoms with Gasteiger partial charge in [0.05, 0.1) is 0 Å². The second-order valence-corrected chi connectivity index (χ2v) is 7.40. The van der Waals surface area contributed by atoms with E-state index in [2.05, 4.69) is 4.98 Å². The zero-order valence-electron chi connectivity index (χ0n) is 16.3. The number of H-pyrrole nitrogens is 1. The van der Waals surface area contributed by atoms with Gasteiger partial charge >= 0.3 is 5.69 Å². The van der Waals surface area contributed by atoms with Crippen LogP contribution in [0.25, 0.3) is 0 Å². The van der Waals surface area contributed by atoms with Crippen LogP contribution in [0, 0.1) is 23.5 Å². The molecule has 0 aliphatic carbocycles. The van der Waals surface area contributed by atoms with Gasteiger partial charge in [0.15, 0.2) is 5.69 Å². The third kappa shape index (κ3) is 4.29. The number of halogens is 2. The third-order valence-electron chi connectivity index (χ3n) is 4.00. The third-order valence-corrected chi connectivity index (χ3v) is 4.00. The maximum atomic E-state index is 14.2. The number of nitrogens with one attached hydrogen (secondary N) is 1. The van der Waals surface area contributed by atoms with Gasteiger partial charge < -0.3 is 5.73 Å². The smallest absolute Gasteiger partial charge is 0.330 e. The van der Waals surface area contributed by atoms with E-state index in [0.717, 1.165) is 27.7 Å². The number of hydrogen-bond donors (Lipinski definition) is 2. The van der Waals surface area contributed by atoms with Gasteiger partial charge in [-0.15, -0.1) is 0 Å². The van der Waals surface area contributed by atoms with Gasteiger partial charge in [-0.2, -0.15) is 0 Å². The van der Waals surface area contributed by atoms with Crippen molar-refractivity contribution in [3.63, 3.8) is 0 Å². The van der Waals surface area contributed by atoms with Crippen LogP contribution in [0.3, 0.4) is 0 Å². The summed E-state index contributed by atoms with van der Waals surface area (Å²) in [6, 6.07) is 3.05. The summed E-state index contributed by atoms with van der Waals surface area (Å²) in [7, 11) is 0. The van der Waals surface area contributed by atoms with E-state index in [4.69, 9.17) is 5.73 Å². The van der Waals surface area contributed by atoms with E-state index >= 15 is 0 Å². The normalized spacial score (nSPS) is 11.3. The average molecular weight is 394 g/mol. The first-order chi connectivity index (χ1) is 13.0. The van der Waals surface area contributed by atoms with Gasteiger partial charge in [0.1, 0.15) is 23.0 Å². The highest BCUT2D eigenvalue weighted by Crippen LogP contribution is 2.23. The molecule has 7 nitrogen and oxygen atoms in total. The number of nitrogens with zero attached hydrogens (tertiary/aromatic N) is 2. The molecular formula is C19H24F2N4O3. The van der Waals surface area contributed by atoms with Crippen molar-refractivity contribution in [1.82, 2.24) is 9.55 Å².